The van der Waals surface area contributed by atoms with Gasteiger partial charge in [-0.05, 0) is 18.8 Å². The van der Waals surface area contributed by atoms with Gasteiger partial charge in [-0.15, -0.1) is 0 Å². The van der Waals surface area contributed by atoms with E-state index in [2.05, 4.69) is 33.4 Å². The molecule has 2 heterocycles. The van der Waals surface area contributed by atoms with E-state index in [0.717, 1.165) is 50.0 Å². The highest BCUT2D eigenvalue weighted by atomic mass is 32.1. The van der Waals surface area contributed by atoms with E-state index in [1.807, 2.05) is 4.90 Å². The average molecular weight is 323 g/mol. The monoisotopic (exact) mass is 323 g/mol. The van der Waals surface area contributed by atoms with Crippen molar-refractivity contribution in [3.8, 4) is 0 Å². The molecule has 3 rings (SSSR count). The highest BCUT2D eigenvalue weighted by Crippen LogP contribution is 2.25. The molecule has 0 radical (unpaired) electrons. The summed E-state index contributed by atoms with van der Waals surface area (Å²) in [5, 5.41) is 4.20. The number of hydrogen-bond acceptors (Lipinski definition) is 5. The van der Waals surface area contributed by atoms with Gasteiger partial charge in [0.25, 0.3) is 0 Å². The first-order chi connectivity index (χ1) is 10.7. The Morgan fingerprint density at radius 1 is 1.32 bits per heavy atom. The van der Waals surface area contributed by atoms with Crippen LogP contribution in [0.2, 0.25) is 0 Å². The number of carbonyl (C=O) groups excluding carboxylic acids is 1. The second kappa shape index (κ2) is 6.81. The molecule has 0 spiro atoms. The van der Waals surface area contributed by atoms with Crippen LogP contribution in [0, 0.1) is 5.92 Å². The second-order valence-electron chi connectivity index (χ2n) is 6.28. The lowest BCUT2D eigenvalue weighted by Crippen LogP contribution is -2.53. The van der Waals surface area contributed by atoms with E-state index in [1.165, 1.54) is 24.4 Å². The summed E-state index contributed by atoms with van der Waals surface area (Å²) in [6.45, 7) is 7.49. The number of carbonyl (C=O) groups is 1. The highest BCUT2D eigenvalue weighted by Gasteiger charge is 2.28. The number of hydrogen-bond donors (Lipinski definition) is 1. The van der Waals surface area contributed by atoms with Crippen LogP contribution in [0.25, 0.3) is 0 Å². The van der Waals surface area contributed by atoms with Crippen LogP contribution in [-0.2, 0) is 6.42 Å². The molecule has 1 saturated heterocycles. The molecule has 1 N–H and O–H groups in total. The standard InChI is InChI=1S/C15H25N5OS/c1-3-13-17-15(22-18-13)20-9-7-19(8-10-20)14(21)16-12-6-4-5-11(12)2/h11-12H,3-10H2,1-2H3,(H,16,21)/t11-,12-/m1/s1. The minimum atomic E-state index is 0.102. The van der Waals surface area contributed by atoms with Crippen LogP contribution in [0.1, 0.15) is 38.9 Å². The third-order valence-electron chi connectivity index (χ3n) is 4.78. The zero-order chi connectivity index (χ0) is 15.5. The molecule has 1 aliphatic carbocycles. The zero-order valence-corrected chi connectivity index (χ0v) is 14.2. The van der Waals surface area contributed by atoms with E-state index in [4.69, 9.17) is 0 Å². The van der Waals surface area contributed by atoms with Gasteiger partial charge in [-0.2, -0.15) is 4.37 Å². The van der Waals surface area contributed by atoms with Crippen LogP contribution in [0.3, 0.4) is 0 Å². The lowest BCUT2D eigenvalue weighted by atomic mass is 10.1. The van der Waals surface area contributed by atoms with Crippen LogP contribution in [-0.4, -0.2) is 52.5 Å². The smallest absolute Gasteiger partial charge is 0.317 e. The normalized spacial score (nSPS) is 25.5. The number of nitrogens with zero attached hydrogens (tertiary/aromatic N) is 4. The molecule has 2 amide bonds. The Balaban J connectivity index is 1.49. The molecule has 2 aliphatic rings. The molecule has 1 aromatic heterocycles. The lowest BCUT2D eigenvalue weighted by molar-refractivity contribution is 0.188. The van der Waals surface area contributed by atoms with Gasteiger partial charge in [0.2, 0.25) is 5.13 Å². The van der Waals surface area contributed by atoms with Crippen LogP contribution in [0.5, 0.6) is 0 Å². The van der Waals surface area contributed by atoms with Crippen molar-refractivity contribution in [2.24, 2.45) is 5.92 Å². The summed E-state index contributed by atoms with van der Waals surface area (Å²) in [5.41, 5.74) is 0. The van der Waals surface area contributed by atoms with Crippen LogP contribution in [0.15, 0.2) is 0 Å². The number of urea groups is 1. The highest BCUT2D eigenvalue weighted by molar-refractivity contribution is 7.09. The van der Waals surface area contributed by atoms with Crippen molar-refractivity contribution in [2.45, 2.75) is 45.6 Å². The first-order valence-electron chi connectivity index (χ1n) is 8.30. The summed E-state index contributed by atoms with van der Waals surface area (Å²) in [6.07, 6.45) is 4.46. The molecule has 6 nitrogen and oxygen atoms in total. The molecular formula is C15H25N5OS. The fourth-order valence-corrected chi connectivity index (χ4v) is 4.03. The third-order valence-corrected chi connectivity index (χ3v) is 5.60. The van der Waals surface area contributed by atoms with Crippen molar-refractivity contribution in [3.63, 3.8) is 0 Å². The maximum Gasteiger partial charge on any atom is 0.317 e. The predicted molar refractivity (Wildman–Crippen MR) is 88.4 cm³/mol. The van der Waals surface area contributed by atoms with Crippen molar-refractivity contribution < 1.29 is 4.79 Å². The van der Waals surface area contributed by atoms with Crippen LogP contribution >= 0.6 is 11.5 Å². The number of nitrogens with one attached hydrogen (secondary N) is 1. The molecule has 22 heavy (non-hydrogen) atoms. The number of aryl methyl sites for hydroxylation is 1. The first kappa shape index (κ1) is 15.5. The molecule has 1 aliphatic heterocycles. The summed E-state index contributed by atoms with van der Waals surface area (Å²) in [7, 11) is 0. The largest absolute Gasteiger partial charge is 0.343 e. The van der Waals surface area contributed by atoms with Crippen LogP contribution in [0.4, 0.5) is 9.93 Å². The summed E-state index contributed by atoms with van der Waals surface area (Å²) in [4.78, 5) is 21.1. The van der Waals surface area contributed by atoms with E-state index in [-0.39, 0.29) is 6.03 Å². The quantitative estimate of drug-likeness (QED) is 0.925. The Hall–Kier alpha value is -1.37. The fourth-order valence-electron chi connectivity index (χ4n) is 3.23. The van der Waals surface area contributed by atoms with Gasteiger partial charge in [0.05, 0.1) is 0 Å². The molecule has 122 valence electrons. The van der Waals surface area contributed by atoms with Crippen molar-refractivity contribution in [3.05, 3.63) is 5.82 Å². The Morgan fingerprint density at radius 2 is 2.09 bits per heavy atom. The van der Waals surface area contributed by atoms with Gasteiger partial charge in [-0.3, -0.25) is 0 Å². The average Bonchev–Trinajstić information content (AvgIpc) is 3.17. The van der Waals surface area contributed by atoms with E-state index < -0.39 is 0 Å². The molecule has 0 aromatic carbocycles. The lowest BCUT2D eigenvalue weighted by Gasteiger charge is -2.35. The topological polar surface area (TPSA) is 61.4 Å². The van der Waals surface area contributed by atoms with Crippen molar-refractivity contribution in [1.29, 1.82) is 0 Å². The molecule has 1 saturated carbocycles. The van der Waals surface area contributed by atoms with E-state index >= 15 is 0 Å². The van der Waals surface area contributed by atoms with Gasteiger partial charge in [0, 0.05) is 50.2 Å². The molecule has 7 heteroatoms. The van der Waals surface area contributed by atoms with Gasteiger partial charge in [0.1, 0.15) is 5.82 Å². The SMILES string of the molecule is CCc1nsc(N2CCN(C(=O)N[C@@H]3CCC[C@H]3C)CC2)n1. The summed E-state index contributed by atoms with van der Waals surface area (Å²) in [5.74, 6) is 1.52. The molecular weight excluding hydrogens is 298 g/mol. The number of anilines is 1. The van der Waals surface area contributed by atoms with Gasteiger partial charge >= 0.3 is 6.03 Å². The van der Waals surface area contributed by atoms with Gasteiger partial charge < -0.3 is 15.1 Å². The number of aromatic nitrogens is 2. The second-order valence-corrected chi connectivity index (χ2v) is 7.02. The fraction of sp³-hybridized carbons (Fsp3) is 0.800. The minimum absolute atomic E-state index is 0.102. The van der Waals surface area contributed by atoms with E-state index in [0.29, 0.717) is 12.0 Å². The van der Waals surface area contributed by atoms with E-state index in [9.17, 15) is 4.79 Å². The Labute approximate surface area is 136 Å². The van der Waals surface area contributed by atoms with Crippen molar-refractivity contribution in [1.82, 2.24) is 19.6 Å². The van der Waals surface area contributed by atoms with E-state index in [1.54, 1.807) is 0 Å². The predicted octanol–water partition coefficient (Wildman–Crippen LogP) is 2.12. The number of piperazine rings is 1. The summed E-state index contributed by atoms with van der Waals surface area (Å²) < 4.78 is 4.34. The molecule has 2 atom stereocenters. The third kappa shape index (κ3) is 3.34. The van der Waals surface area contributed by atoms with Gasteiger partial charge in [-0.25, -0.2) is 9.78 Å². The van der Waals surface area contributed by atoms with Gasteiger partial charge in [0.15, 0.2) is 0 Å². The van der Waals surface area contributed by atoms with Crippen molar-refractivity contribution >= 4 is 22.7 Å². The maximum absolute atomic E-state index is 12.4. The molecule has 1 aromatic rings. The summed E-state index contributed by atoms with van der Waals surface area (Å²) in [6, 6.07) is 0.464. The molecule has 0 unspecified atom stereocenters. The van der Waals surface area contributed by atoms with Crippen LogP contribution < -0.4 is 10.2 Å². The van der Waals surface area contributed by atoms with Gasteiger partial charge in [-0.1, -0.05) is 20.3 Å². The Bertz CT molecular complexity index is 512. The Kier molecular flexibility index (Phi) is 4.81. The zero-order valence-electron chi connectivity index (χ0n) is 13.4. The molecule has 0 bridgehead atoms. The maximum atomic E-state index is 12.4. The Morgan fingerprint density at radius 3 is 2.68 bits per heavy atom. The first-order valence-corrected chi connectivity index (χ1v) is 9.07. The number of amides is 2. The minimum Gasteiger partial charge on any atom is -0.343 e. The van der Waals surface area contributed by atoms with Crippen molar-refractivity contribution in [2.75, 3.05) is 31.1 Å². The molecule has 2 fully saturated rings. The summed E-state index contributed by atoms with van der Waals surface area (Å²) >= 11 is 1.46. The number of rotatable bonds is 3.